The Morgan fingerprint density at radius 1 is 1.22 bits per heavy atom. The van der Waals surface area contributed by atoms with Gasteiger partial charge in [0.05, 0.1) is 11.0 Å². The molecule has 2 aromatic rings. The Hall–Kier alpha value is -3.29. The zero-order valence-corrected chi connectivity index (χ0v) is 15.2. The summed E-state index contributed by atoms with van der Waals surface area (Å²) in [4.78, 5) is 24.5. The molecule has 0 bridgehead atoms. The standard InChI is InChI=1S/C19H21N3O5/c1-13(15-4-3-5-16(11-15)22(24)25)21(2)19(23)20-12-14-6-7-17-18(10-14)27-9-8-26-17/h3-7,10-11,13H,8-9,12H2,1-2H3,(H,20,23)/t13-/m1/s1. The third kappa shape index (κ3) is 4.28. The highest BCUT2D eigenvalue weighted by Crippen LogP contribution is 2.30. The van der Waals surface area contributed by atoms with Gasteiger partial charge in [0.15, 0.2) is 11.5 Å². The van der Waals surface area contributed by atoms with Gasteiger partial charge in [-0.1, -0.05) is 18.2 Å². The van der Waals surface area contributed by atoms with E-state index in [4.69, 9.17) is 9.47 Å². The second-order valence-electron chi connectivity index (χ2n) is 6.28. The van der Waals surface area contributed by atoms with E-state index >= 15 is 0 Å². The van der Waals surface area contributed by atoms with Crippen molar-refractivity contribution in [3.63, 3.8) is 0 Å². The second kappa shape index (κ2) is 7.94. The molecule has 142 valence electrons. The summed E-state index contributed by atoms with van der Waals surface area (Å²) < 4.78 is 11.0. The lowest BCUT2D eigenvalue weighted by atomic mass is 10.1. The SMILES string of the molecule is C[C@H](c1cccc([N+](=O)[O-])c1)N(C)C(=O)NCc1ccc2c(c1)OCCO2. The maximum absolute atomic E-state index is 12.5. The summed E-state index contributed by atoms with van der Waals surface area (Å²) >= 11 is 0. The third-order valence-corrected chi connectivity index (χ3v) is 4.52. The summed E-state index contributed by atoms with van der Waals surface area (Å²) in [5.74, 6) is 1.37. The Kier molecular flexibility index (Phi) is 5.44. The molecule has 0 saturated heterocycles. The molecular weight excluding hydrogens is 350 g/mol. The zero-order chi connectivity index (χ0) is 19.4. The van der Waals surface area contributed by atoms with Crippen molar-refractivity contribution in [2.75, 3.05) is 20.3 Å². The number of nitro benzene ring substituents is 1. The van der Waals surface area contributed by atoms with Gasteiger partial charge in [0.25, 0.3) is 5.69 Å². The van der Waals surface area contributed by atoms with Gasteiger partial charge < -0.3 is 19.7 Å². The summed E-state index contributed by atoms with van der Waals surface area (Å²) in [6.07, 6.45) is 0. The Labute approximate surface area is 156 Å². The Balaban J connectivity index is 1.62. The first-order valence-electron chi connectivity index (χ1n) is 8.59. The number of nitrogens with zero attached hydrogens (tertiary/aromatic N) is 2. The topological polar surface area (TPSA) is 93.9 Å². The van der Waals surface area contributed by atoms with E-state index in [-0.39, 0.29) is 17.8 Å². The largest absolute Gasteiger partial charge is 0.486 e. The van der Waals surface area contributed by atoms with E-state index in [1.807, 2.05) is 25.1 Å². The van der Waals surface area contributed by atoms with Crippen molar-refractivity contribution < 1.29 is 19.2 Å². The molecule has 1 heterocycles. The molecule has 27 heavy (non-hydrogen) atoms. The number of rotatable bonds is 5. The van der Waals surface area contributed by atoms with Gasteiger partial charge in [0.1, 0.15) is 13.2 Å². The van der Waals surface area contributed by atoms with Crippen LogP contribution in [0.4, 0.5) is 10.5 Å². The first-order valence-corrected chi connectivity index (χ1v) is 8.59. The molecule has 0 radical (unpaired) electrons. The quantitative estimate of drug-likeness (QED) is 0.643. The van der Waals surface area contributed by atoms with Crippen LogP contribution in [0.25, 0.3) is 0 Å². The molecule has 1 aliphatic rings. The predicted molar refractivity (Wildman–Crippen MR) is 98.9 cm³/mol. The predicted octanol–water partition coefficient (Wildman–Crippen LogP) is 3.27. The summed E-state index contributed by atoms with van der Waals surface area (Å²) in [6.45, 7) is 3.19. The molecule has 0 spiro atoms. The minimum atomic E-state index is -0.446. The zero-order valence-electron chi connectivity index (χ0n) is 15.2. The molecule has 8 heteroatoms. The minimum absolute atomic E-state index is 0.00411. The average molecular weight is 371 g/mol. The molecule has 2 amide bonds. The molecule has 0 fully saturated rings. The molecule has 2 aromatic carbocycles. The number of fused-ring (bicyclic) bond motifs is 1. The van der Waals surface area contributed by atoms with Gasteiger partial charge in [0, 0.05) is 25.7 Å². The number of amides is 2. The monoisotopic (exact) mass is 371 g/mol. The van der Waals surface area contributed by atoms with Crippen LogP contribution >= 0.6 is 0 Å². The van der Waals surface area contributed by atoms with E-state index < -0.39 is 4.92 Å². The van der Waals surface area contributed by atoms with Crippen LogP contribution in [0.3, 0.4) is 0 Å². The van der Waals surface area contributed by atoms with Crippen molar-refractivity contribution >= 4 is 11.7 Å². The van der Waals surface area contributed by atoms with E-state index in [9.17, 15) is 14.9 Å². The highest BCUT2D eigenvalue weighted by atomic mass is 16.6. The fourth-order valence-electron chi connectivity index (χ4n) is 2.80. The van der Waals surface area contributed by atoms with E-state index in [1.165, 1.54) is 17.0 Å². The summed E-state index contributed by atoms with van der Waals surface area (Å²) in [5.41, 5.74) is 1.59. The van der Waals surface area contributed by atoms with Crippen LogP contribution in [0.2, 0.25) is 0 Å². The number of ether oxygens (including phenoxy) is 2. The van der Waals surface area contributed by atoms with Gasteiger partial charge >= 0.3 is 6.03 Å². The van der Waals surface area contributed by atoms with Gasteiger partial charge in [-0.2, -0.15) is 0 Å². The molecule has 0 aliphatic carbocycles. The number of benzene rings is 2. The highest BCUT2D eigenvalue weighted by molar-refractivity contribution is 5.74. The maximum atomic E-state index is 12.5. The van der Waals surface area contributed by atoms with Crippen LogP contribution in [0.1, 0.15) is 24.1 Å². The number of nitro groups is 1. The number of carbonyl (C=O) groups excluding carboxylic acids is 1. The van der Waals surface area contributed by atoms with Crippen LogP contribution in [-0.4, -0.2) is 36.1 Å². The Morgan fingerprint density at radius 2 is 1.96 bits per heavy atom. The summed E-state index contributed by atoms with van der Waals surface area (Å²) in [5, 5.41) is 13.8. The fourth-order valence-corrected chi connectivity index (χ4v) is 2.80. The summed E-state index contributed by atoms with van der Waals surface area (Å²) in [7, 11) is 1.66. The second-order valence-corrected chi connectivity index (χ2v) is 6.28. The average Bonchev–Trinajstić information content (AvgIpc) is 2.70. The van der Waals surface area contributed by atoms with Crippen molar-refractivity contribution in [2.45, 2.75) is 19.5 Å². The van der Waals surface area contributed by atoms with E-state index in [2.05, 4.69) is 5.32 Å². The first kappa shape index (κ1) is 18.5. The number of carbonyl (C=O) groups is 1. The van der Waals surface area contributed by atoms with Crippen LogP contribution < -0.4 is 14.8 Å². The van der Waals surface area contributed by atoms with Gasteiger partial charge in [-0.05, 0) is 30.2 Å². The number of nitrogens with one attached hydrogen (secondary N) is 1. The van der Waals surface area contributed by atoms with Crippen LogP contribution in [0.15, 0.2) is 42.5 Å². The van der Waals surface area contributed by atoms with E-state index in [0.717, 1.165) is 5.56 Å². The Bertz CT molecular complexity index is 855. The minimum Gasteiger partial charge on any atom is -0.486 e. The molecule has 3 rings (SSSR count). The lowest BCUT2D eigenvalue weighted by molar-refractivity contribution is -0.384. The van der Waals surface area contributed by atoms with Crippen LogP contribution in [0, 0.1) is 10.1 Å². The van der Waals surface area contributed by atoms with Gasteiger partial charge in [0.2, 0.25) is 0 Å². The van der Waals surface area contributed by atoms with Crippen molar-refractivity contribution in [1.82, 2.24) is 10.2 Å². The number of hydrogen-bond acceptors (Lipinski definition) is 5. The van der Waals surface area contributed by atoms with Crippen molar-refractivity contribution in [2.24, 2.45) is 0 Å². The molecule has 0 saturated carbocycles. The first-order chi connectivity index (χ1) is 13.0. The molecule has 8 nitrogen and oxygen atoms in total. The molecule has 1 atom stereocenters. The molecule has 1 N–H and O–H groups in total. The fraction of sp³-hybridized carbons (Fsp3) is 0.316. The molecule has 1 aliphatic heterocycles. The number of urea groups is 1. The number of hydrogen-bond donors (Lipinski definition) is 1. The van der Waals surface area contributed by atoms with Gasteiger partial charge in [-0.25, -0.2) is 4.79 Å². The van der Waals surface area contributed by atoms with Gasteiger partial charge in [-0.3, -0.25) is 10.1 Å². The molecule has 0 aromatic heterocycles. The molecule has 0 unspecified atom stereocenters. The van der Waals surface area contributed by atoms with E-state index in [1.54, 1.807) is 19.2 Å². The van der Waals surface area contributed by atoms with Crippen molar-refractivity contribution in [1.29, 1.82) is 0 Å². The Morgan fingerprint density at radius 3 is 2.70 bits per heavy atom. The lowest BCUT2D eigenvalue weighted by Crippen LogP contribution is -2.38. The smallest absolute Gasteiger partial charge is 0.317 e. The maximum Gasteiger partial charge on any atom is 0.317 e. The lowest BCUT2D eigenvalue weighted by Gasteiger charge is -2.25. The summed E-state index contributed by atoms with van der Waals surface area (Å²) in [6, 6.07) is 11.2. The van der Waals surface area contributed by atoms with E-state index in [0.29, 0.717) is 36.8 Å². The van der Waals surface area contributed by atoms with Crippen LogP contribution in [-0.2, 0) is 6.54 Å². The van der Waals surface area contributed by atoms with Crippen LogP contribution in [0.5, 0.6) is 11.5 Å². The third-order valence-electron chi connectivity index (χ3n) is 4.52. The normalized spacial score (nSPS) is 13.6. The highest BCUT2D eigenvalue weighted by Gasteiger charge is 2.19. The number of non-ortho nitro benzene ring substituents is 1. The molecular formula is C19H21N3O5. The van der Waals surface area contributed by atoms with Crippen molar-refractivity contribution in [3.05, 3.63) is 63.7 Å². The van der Waals surface area contributed by atoms with Crippen molar-refractivity contribution in [3.8, 4) is 11.5 Å². The van der Waals surface area contributed by atoms with Gasteiger partial charge in [-0.15, -0.1) is 0 Å².